The van der Waals surface area contributed by atoms with Crippen LogP contribution in [0.4, 0.5) is 8.78 Å². The Hall–Kier alpha value is -1.98. The van der Waals surface area contributed by atoms with Gasteiger partial charge in [-0.15, -0.1) is 0 Å². The molecule has 0 bridgehead atoms. The molecule has 0 saturated heterocycles. The van der Waals surface area contributed by atoms with Crippen molar-refractivity contribution >= 4 is 16.9 Å². The van der Waals surface area contributed by atoms with Crippen molar-refractivity contribution in [3.63, 3.8) is 0 Å². The Morgan fingerprint density at radius 2 is 1.96 bits per heavy atom. The second-order valence-electron chi connectivity index (χ2n) is 6.11. The summed E-state index contributed by atoms with van der Waals surface area (Å²) >= 11 is 0. The van der Waals surface area contributed by atoms with E-state index >= 15 is 0 Å². The Morgan fingerprint density at radius 1 is 1.30 bits per heavy atom. The van der Waals surface area contributed by atoms with E-state index in [2.05, 4.69) is 18.8 Å². The molecule has 0 unspecified atom stereocenters. The van der Waals surface area contributed by atoms with Crippen molar-refractivity contribution < 1.29 is 13.6 Å². The Morgan fingerprint density at radius 3 is 2.48 bits per heavy atom. The fourth-order valence-electron chi connectivity index (χ4n) is 2.69. The van der Waals surface area contributed by atoms with Crippen molar-refractivity contribution in [1.29, 1.82) is 0 Å². The molecule has 126 valence electrons. The second kappa shape index (κ2) is 6.64. The molecular weight excluding hydrogens is 300 g/mol. The molecule has 0 aliphatic rings. The molecule has 0 fully saturated rings. The van der Waals surface area contributed by atoms with Crippen molar-refractivity contribution in [2.24, 2.45) is 13.0 Å². The number of nitrogens with zero attached hydrogens (tertiary/aromatic N) is 3. The van der Waals surface area contributed by atoms with Gasteiger partial charge in [0, 0.05) is 25.2 Å². The maximum atomic E-state index is 12.9. The van der Waals surface area contributed by atoms with Crippen molar-refractivity contribution in [2.45, 2.75) is 40.2 Å². The Labute approximate surface area is 135 Å². The number of imidazole rings is 1. The van der Waals surface area contributed by atoms with Gasteiger partial charge in [-0.3, -0.25) is 4.79 Å². The summed E-state index contributed by atoms with van der Waals surface area (Å²) < 4.78 is 27.3. The summed E-state index contributed by atoms with van der Waals surface area (Å²) in [6, 6.07) is 5.05. The quantitative estimate of drug-likeness (QED) is 0.833. The lowest BCUT2D eigenvalue weighted by Crippen LogP contribution is -2.41. The summed E-state index contributed by atoms with van der Waals surface area (Å²) in [5.41, 5.74) is 1.49. The van der Waals surface area contributed by atoms with Crippen LogP contribution in [0.15, 0.2) is 18.2 Å². The highest BCUT2D eigenvalue weighted by atomic mass is 19.3. The first-order chi connectivity index (χ1) is 10.8. The van der Waals surface area contributed by atoms with Crippen molar-refractivity contribution in [3.8, 4) is 0 Å². The average Bonchev–Trinajstić information content (AvgIpc) is 2.84. The number of aryl methyl sites for hydroxylation is 1. The normalized spacial score (nSPS) is 13.1. The fraction of sp³-hybridized carbons (Fsp3) is 0.529. The summed E-state index contributed by atoms with van der Waals surface area (Å²) in [4.78, 5) is 18.5. The Balaban J connectivity index is 2.42. The van der Waals surface area contributed by atoms with E-state index in [1.54, 1.807) is 30.1 Å². The lowest BCUT2D eigenvalue weighted by Gasteiger charge is -2.31. The molecule has 4 nitrogen and oxygen atoms in total. The Kier molecular flexibility index (Phi) is 5.02. The van der Waals surface area contributed by atoms with Gasteiger partial charge >= 0.3 is 0 Å². The monoisotopic (exact) mass is 323 g/mol. The van der Waals surface area contributed by atoms with Gasteiger partial charge in [-0.2, -0.15) is 0 Å². The maximum Gasteiger partial charge on any atom is 0.295 e. The number of hydrogen-bond acceptors (Lipinski definition) is 2. The first-order valence-electron chi connectivity index (χ1n) is 7.83. The van der Waals surface area contributed by atoms with Crippen molar-refractivity contribution in [1.82, 2.24) is 14.5 Å². The highest BCUT2D eigenvalue weighted by molar-refractivity contribution is 5.97. The number of aromatic nitrogens is 2. The van der Waals surface area contributed by atoms with Crippen LogP contribution in [0.2, 0.25) is 0 Å². The molecule has 6 heteroatoms. The van der Waals surface area contributed by atoms with Crippen LogP contribution in [0.5, 0.6) is 0 Å². The van der Waals surface area contributed by atoms with E-state index in [9.17, 15) is 13.6 Å². The number of rotatable bonds is 5. The first-order valence-corrected chi connectivity index (χ1v) is 7.83. The van der Waals surface area contributed by atoms with Gasteiger partial charge in [-0.25, -0.2) is 13.8 Å². The molecule has 1 amide bonds. The molecule has 1 heterocycles. The second-order valence-corrected chi connectivity index (χ2v) is 6.11. The average molecular weight is 323 g/mol. The minimum Gasteiger partial charge on any atom is -0.336 e. The van der Waals surface area contributed by atoms with E-state index in [0.29, 0.717) is 29.1 Å². The van der Waals surface area contributed by atoms with E-state index in [4.69, 9.17) is 0 Å². The molecule has 0 spiro atoms. The zero-order valence-electron chi connectivity index (χ0n) is 14.2. The van der Waals surface area contributed by atoms with E-state index < -0.39 is 6.43 Å². The molecule has 2 aromatic rings. The minimum absolute atomic E-state index is 0.0974. The maximum absolute atomic E-state index is 12.9. The summed E-state index contributed by atoms with van der Waals surface area (Å²) in [6.07, 6.45) is -2.64. The number of carbonyl (C=O) groups excluding carboxylic acids is 1. The molecule has 0 N–H and O–H groups in total. The van der Waals surface area contributed by atoms with E-state index in [1.807, 2.05) is 13.8 Å². The van der Waals surface area contributed by atoms with Gasteiger partial charge in [0.2, 0.25) is 0 Å². The van der Waals surface area contributed by atoms with Crippen LogP contribution in [-0.4, -0.2) is 32.9 Å². The van der Waals surface area contributed by atoms with Gasteiger partial charge in [0.05, 0.1) is 11.0 Å². The molecular formula is C17H23F2N3O. The number of amides is 1. The topological polar surface area (TPSA) is 38.1 Å². The van der Waals surface area contributed by atoms with Crippen LogP contribution in [0.1, 0.15) is 50.3 Å². The summed E-state index contributed by atoms with van der Waals surface area (Å²) in [5, 5.41) is 0. The number of hydrogen-bond donors (Lipinski definition) is 0. The highest BCUT2D eigenvalue weighted by Crippen LogP contribution is 2.24. The molecule has 23 heavy (non-hydrogen) atoms. The smallest absolute Gasteiger partial charge is 0.295 e. The standard InChI is InChI=1S/C17H23F2N3O/c1-6-22(11(4)10(2)3)17(23)12-7-8-14-13(9-12)20-16(15(18)19)21(14)5/h7-11,15H,6H2,1-5H3/t11-/m1/s1. The number of carbonyl (C=O) groups is 1. The van der Waals surface area contributed by atoms with Gasteiger partial charge < -0.3 is 9.47 Å². The zero-order valence-corrected chi connectivity index (χ0v) is 14.2. The van der Waals surface area contributed by atoms with E-state index in [0.717, 1.165) is 0 Å². The SMILES string of the molecule is CCN(C(=O)c1ccc2c(c1)nc(C(F)F)n2C)[C@H](C)C(C)C. The highest BCUT2D eigenvalue weighted by Gasteiger charge is 2.23. The molecule has 0 aliphatic heterocycles. The van der Waals surface area contributed by atoms with Crippen LogP contribution < -0.4 is 0 Å². The lowest BCUT2D eigenvalue weighted by molar-refractivity contribution is 0.0660. The minimum atomic E-state index is -2.64. The molecule has 2 rings (SSSR count). The molecule has 0 radical (unpaired) electrons. The van der Waals surface area contributed by atoms with Crippen molar-refractivity contribution in [2.75, 3.05) is 6.54 Å². The van der Waals surface area contributed by atoms with Gasteiger partial charge in [0.15, 0.2) is 5.82 Å². The third-order valence-corrected chi connectivity index (χ3v) is 4.42. The predicted molar refractivity (Wildman–Crippen MR) is 86.7 cm³/mol. The number of fused-ring (bicyclic) bond motifs is 1. The Bertz CT molecular complexity index is 709. The number of halogens is 2. The summed E-state index contributed by atoms with van der Waals surface area (Å²) in [7, 11) is 1.55. The predicted octanol–water partition coefficient (Wildman–Crippen LogP) is 4.02. The van der Waals surface area contributed by atoms with E-state index in [-0.39, 0.29) is 17.8 Å². The summed E-state index contributed by atoms with van der Waals surface area (Å²) in [6.45, 7) is 8.68. The van der Waals surface area contributed by atoms with Crippen LogP contribution in [0, 0.1) is 5.92 Å². The molecule has 1 atom stereocenters. The van der Waals surface area contributed by atoms with Crippen LogP contribution in [0.3, 0.4) is 0 Å². The molecule has 1 aromatic carbocycles. The molecule has 0 aliphatic carbocycles. The third kappa shape index (κ3) is 3.21. The van der Waals surface area contributed by atoms with Gasteiger partial charge in [0.1, 0.15) is 0 Å². The van der Waals surface area contributed by atoms with Gasteiger partial charge in [-0.05, 0) is 38.0 Å². The largest absolute Gasteiger partial charge is 0.336 e. The first kappa shape index (κ1) is 17.4. The zero-order chi connectivity index (χ0) is 17.3. The summed E-state index contributed by atoms with van der Waals surface area (Å²) in [5.74, 6) is -0.0461. The molecule has 0 saturated carbocycles. The fourth-order valence-corrected chi connectivity index (χ4v) is 2.69. The molecule has 1 aromatic heterocycles. The number of alkyl halides is 2. The van der Waals surface area contributed by atoms with Crippen LogP contribution in [-0.2, 0) is 7.05 Å². The van der Waals surface area contributed by atoms with Crippen LogP contribution >= 0.6 is 0 Å². The van der Waals surface area contributed by atoms with Crippen LogP contribution in [0.25, 0.3) is 11.0 Å². The van der Waals surface area contributed by atoms with Gasteiger partial charge in [-0.1, -0.05) is 13.8 Å². The van der Waals surface area contributed by atoms with Gasteiger partial charge in [0.25, 0.3) is 12.3 Å². The third-order valence-electron chi connectivity index (χ3n) is 4.42. The lowest BCUT2D eigenvalue weighted by atomic mass is 10.0. The van der Waals surface area contributed by atoms with Crippen molar-refractivity contribution in [3.05, 3.63) is 29.6 Å². The number of benzene rings is 1. The van der Waals surface area contributed by atoms with E-state index in [1.165, 1.54) is 4.57 Å².